The molecule has 0 fully saturated rings. The average molecular weight is 153 g/mol. The van der Waals surface area contributed by atoms with Crippen molar-refractivity contribution in [3.63, 3.8) is 0 Å². The third kappa shape index (κ3) is 0.772. The highest BCUT2D eigenvalue weighted by Gasteiger charge is 1.97. The van der Waals surface area contributed by atoms with Crippen LogP contribution in [-0.4, -0.2) is 4.98 Å². The zero-order valence-electron chi connectivity index (χ0n) is 4.97. The minimum absolute atomic E-state index is 0.651. The van der Waals surface area contributed by atoms with E-state index in [0.29, 0.717) is 10.6 Å². The average Bonchev–Trinajstić information content (AvgIpc) is 2.33. The fourth-order valence-electron chi connectivity index (χ4n) is 0.783. The fraction of sp³-hybridized carbons (Fsp3) is 0. The molecule has 2 nitrogen and oxygen atoms in total. The predicted molar refractivity (Wildman–Crippen MR) is 37.9 cm³/mol. The minimum atomic E-state index is 0.651. The van der Waals surface area contributed by atoms with Crippen molar-refractivity contribution >= 4 is 22.7 Å². The van der Waals surface area contributed by atoms with Gasteiger partial charge in [0.05, 0.1) is 0 Å². The van der Waals surface area contributed by atoms with Crippen molar-refractivity contribution in [1.29, 1.82) is 0 Å². The molecular formula is C7H3ClNO. The van der Waals surface area contributed by atoms with Crippen molar-refractivity contribution in [1.82, 2.24) is 4.98 Å². The van der Waals surface area contributed by atoms with Crippen molar-refractivity contribution < 1.29 is 4.42 Å². The molecule has 49 valence electrons. The van der Waals surface area contributed by atoms with E-state index in [2.05, 4.69) is 11.4 Å². The number of oxazole rings is 1. The van der Waals surface area contributed by atoms with Crippen molar-refractivity contribution in [2.75, 3.05) is 0 Å². The Kier molecular flexibility index (Phi) is 1.14. The second-order valence-electron chi connectivity index (χ2n) is 1.92. The molecule has 0 amide bonds. The second kappa shape index (κ2) is 1.99. The summed E-state index contributed by atoms with van der Waals surface area (Å²) < 4.78 is 4.88. The Hall–Kier alpha value is -1.02. The van der Waals surface area contributed by atoms with Gasteiger partial charge in [0.2, 0.25) is 0 Å². The molecule has 1 aromatic carbocycles. The lowest BCUT2D eigenvalue weighted by Gasteiger charge is -1.85. The summed E-state index contributed by atoms with van der Waals surface area (Å²) in [5.74, 6) is 0. The summed E-state index contributed by atoms with van der Waals surface area (Å²) in [4.78, 5) is 3.81. The first kappa shape index (κ1) is 5.74. The van der Waals surface area contributed by atoms with Gasteiger partial charge in [-0.2, -0.15) is 0 Å². The smallest absolute Gasteiger partial charge is 0.284 e. The van der Waals surface area contributed by atoms with Crippen LogP contribution in [0.15, 0.2) is 22.6 Å². The molecule has 0 aliphatic carbocycles. The van der Waals surface area contributed by atoms with E-state index in [9.17, 15) is 0 Å². The van der Waals surface area contributed by atoms with Crippen LogP contribution >= 0.6 is 11.6 Å². The molecule has 2 aromatic rings. The molecule has 0 saturated heterocycles. The molecule has 2 rings (SSSR count). The molecule has 1 aromatic heterocycles. The van der Waals surface area contributed by atoms with Gasteiger partial charge >= 0.3 is 0 Å². The highest BCUT2D eigenvalue weighted by Crippen LogP contribution is 2.16. The second-order valence-corrected chi connectivity index (χ2v) is 2.35. The van der Waals surface area contributed by atoms with Crippen LogP contribution in [0, 0.1) is 6.39 Å². The van der Waals surface area contributed by atoms with Gasteiger partial charge in [-0.1, -0.05) is 11.6 Å². The largest absolute Gasteiger partial charge is 0.432 e. The summed E-state index contributed by atoms with van der Waals surface area (Å²) in [5.41, 5.74) is 1.46. The van der Waals surface area contributed by atoms with E-state index in [4.69, 9.17) is 16.0 Å². The molecular weight excluding hydrogens is 150 g/mol. The summed E-state index contributed by atoms with van der Waals surface area (Å²) in [7, 11) is 0. The summed E-state index contributed by atoms with van der Waals surface area (Å²) in [6.45, 7) is 0. The molecule has 10 heavy (non-hydrogen) atoms. The number of aromatic nitrogens is 1. The zero-order valence-corrected chi connectivity index (χ0v) is 5.72. The lowest BCUT2D eigenvalue weighted by atomic mass is 10.3. The van der Waals surface area contributed by atoms with Gasteiger partial charge in [0.25, 0.3) is 6.39 Å². The Balaban J connectivity index is 2.86. The summed E-state index contributed by atoms with van der Waals surface area (Å²) in [6.07, 6.45) is 2.38. The number of nitrogens with zero attached hydrogens (tertiary/aromatic N) is 1. The van der Waals surface area contributed by atoms with Gasteiger partial charge in [-0.05, 0) is 12.1 Å². The maximum atomic E-state index is 5.67. The van der Waals surface area contributed by atoms with E-state index in [1.165, 1.54) is 0 Å². The van der Waals surface area contributed by atoms with Crippen molar-refractivity contribution in [3.05, 3.63) is 29.6 Å². The van der Waals surface area contributed by atoms with Crippen molar-refractivity contribution in [2.24, 2.45) is 0 Å². The first-order valence-corrected chi connectivity index (χ1v) is 3.16. The first-order valence-electron chi connectivity index (χ1n) is 2.78. The molecule has 0 aliphatic heterocycles. The molecule has 0 bridgehead atoms. The first-order chi connectivity index (χ1) is 4.86. The van der Waals surface area contributed by atoms with Gasteiger partial charge in [0.1, 0.15) is 5.52 Å². The van der Waals surface area contributed by atoms with Crippen molar-refractivity contribution in [2.45, 2.75) is 0 Å². The lowest BCUT2D eigenvalue weighted by Crippen LogP contribution is -1.65. The Morgan fingerprint density at radius 1 is 1.50 bits per heavy atom. The van der Waals surface area contributed by atoms with Crippen LogP contribution in [0.1, 0.15) is 0 Å². The number of hydrogen-bond donors (Lipinski definition) is 0. The third-order valence-electron chi connectivity index (χ3n) is 1.24. The molecule has 0 N–H and O–H groups in total. The predicted octanol–water partition coefficient (Wildman–Crippen LogP) is 2.28. The molecule has 0 unspecified atom stereocenters. The quantitative estimate of drug-likeness (QED) is 0.579. The third-order valence-corrected chi connectivity index (χ3v) is 1.48. The summed E-state index contributed by atoms with van der Waals surface area (Å²) in [6, 6.07) is 5.26. The molecule has 0 saturated carbocycles. The van der Waals surface area contributed by atoms with Crippen LogP contribution < -0.4 is 0 Å². The van der Waals surface area contributed by atoms with Crippen molar-refractivity contribution in [3.8, 4) is 0 Å². The topological polar surface area (TPSA) is 26.0 Å². The summed E-state index contributed by atoms with van der Waals surface area (Å²) >= 11 is 5.67. The van der Waals surface area contributed by atoms with Crippen LogP contribution in [0.3, 0.4) is 0 Å². The number of fused-ring (bicyclic) bond motifs is 1. The molecule has 1 radical (unpaired) electrons. The monoisotopic (exact) mass is 152 g/mol. The summed E-state index contributed by atoms with van der Waals surface area (Å²) in [5, 5.41) is 0.651. The van der Waals surface area contributed by atoms with Crippen LogP contribution in [0.5, 0.6) is 0 Å². The molecule has 1 heterocycles. The van der Waals surface area contributed by atoms with E-state index in [1.807, 2.05) is 0 Å². The highest BCUT2D eigenvalue weighted by atomic mass is 35.5. The molecule has 0 spiro atoms. The minimum Gasteiger partial charge on any atom is -0.432 e. The van der Waals surface area contributed by atoms with Gasteiger partial charge in [0.15, 0.2) is 5.58 Å². The van der Waals surface area contributed by atoms with Gasteiger partial charge < -0.3 is 4.42 Å². The maximum Gasteiger partial charge on any atom is 0.284 e. The highest BCUT2D eigenvalue weighted by molar-refractivity contribution is 6.31. The zero-order chi connectivity index (χ0) is 6.97. The van der Waals surface area contributed by atoms with E-state index < -0.39 is 0 Å². The standard InChI is InChI=1S/C7H3ClNO/c8-5-1-2-6-7(3-5)10-4-9-6/h1-3H. The van der Waals surface area contributed by atoms with E-state index in [0.717, 1.165) is 5.52 Å². The van der Waals surface area contributed by atoms with Gasteiger partial charge in [-0.25, -0.2) is 4.98 Å². The number of rotatable bonds is 0. The van der Waals surface area contributed by atoms with Crippen LogP contribution in [0.25, 0.3) is 11.1 Å². The Morgan fingerprint density at radius 2 is 2.40 bits per heavy atom. The maximum absolute atomic E-state index is 5.67. The lowest BCUT2D eigenvalue weighted by molar-refractivity contribution is 0.591. The fourth-order valence-corrected chi connectivity index (χ4v) is 0.945. The number of benzene rings is 1. The van der Waals surface area contributed by atoms with Crippen LogP contribution in [0.4, 0.5) is 0 Å². The van der Waals surface area contributed by atoms with Crippen LogP contribution in [0.2, 0.25) is 5.02 Å². The van der Waals surface area contributed by atoms with Gasteiger partial charge in [-0.3, -0.25) is 0 Å². The number of halogens is 1. The Morgan fingerprint density at radius 3 is 3.30 bits per heavy atom. The molecule has 0 atom stereocenters. The van der Waals surface area contributed by atoms with Crippen LogP contribution in [-0.2, 0) is 0 Å². The van der Waals surface area contributed by atoms with Gasteiger partial charge in [0, 0.05) is 11.1 Å². The van der Waals surface area contributed by atoms with E-state index >= 15 is 0 Å². The molecule has 0 aliphatic rings. The van der Waals surface area contributed by atoms with Gasteiger partial charge in [-0.15, -0.1) is 0 Å². The number of hydrogen-bond acceptors (Lipinski definition) is 2. The normalized spacial score (nSPS) is 10.5. The van der Waals surface area contributed by atoms with E-state index in [1.54, 1.807) is 18.2 Å². The molecule has 3 heteroatoms. The Labute approximate surface area is 62.4 Å². The Bertz CT molecular complexity index is 355. The SMILES string of the molecule is Clc1ccc2n[c]oc2c1. The van der Waals surface area contributed by atoms with E-state index in [-0.39, 0.29) is 0 Å².